The van der Waals surface area contributed by atoms with E-state index in [0.29, 0.717) is 16.3 Å². The van der Waals surface area contributed by atoms with Crippen molar-refractivity contribution >= 4 is 17.6 Å². The molecule has 18 heavy (non-hydrogen) atoms. The predicted octanol–water partition coefficient (Wildman–Crippen LogP) is 3.01. The highest BCUT2D eigenvalue weighted by molar-refractivity contribution is 6.31. The van der Waals surface area contributed by atoms with Crippen LogP contribution < -0.4 is 4.74 Å². The number of ether oxygens (including phenoxy) is 1. The molecule has 1 aromatic heterocycles. The average molecular weight is 268 g/mol. The van der Waals surface area contributed by atoms with Crippen LogP contribution in [0.15, 0.2) is 22.9 Å². The van der Waals surface area contributed by atoms with Gasteiger partial charge in [0.05, 0.1) is 18.9 Å². The fourth-order valence-corrected chi connectivity index (χ4v) is 1.75. The van der Waals surface area contributed by atoms with Gasteiger partial charge >= 0.3 is 5.97 Å². The zero-order valence-electron chi connectivity index (χ0n) is 9.73. The lowest BCUT2D eigenvalue weighted by Crippen LogP contribution is -1.97. The summed E-state index contributed by atoms with van der Waals surface area (Å²) < 4.78 is 10.2. The SMILES string of the molecule is COc1cc(C)c(Cl)cc1-c1oncc1C(=O)O. The summed E-state index contributed by atoms with van der Waals surface area (Å²) in [6.45, 7) is 1.83. The number of methoxy groups -OCH3 is 1. The topological polar surface area (TPSA) is 72.6 Å². The molecule has 0 radical (unpaired) electrons. The highest BCUT2D eigenvalue weighted by atomic mass is 35.5. The van der Waals surface area contributed by atoms with Gasteiger partial charge in [-0.1, -0.05) is 16.8 Å². The molecule has 5 nitrogen and oxygen atoms in total. The van der Waals surface area contributed by atoms with Crippen molar-refractivity contribution in [2.24, 2.45) is 0 Å². The summed E-state index contributed by atoms with van der Waals surface area (Å²) in [7, 11) is 1.49. The molecule has 6 heteroatoms. The first-order chi connectivity index (χ1) is 8.54. The minimum absolute atomic E-state index is 0.0341. The number of rotatable bonds is 3. The van der Waals surface area contributed by atoms with Crippen molar-refractivity contribution in [2.45, 2.75) is 6.92 Å². The highest BCUT2D eigenvalue weighted by Crippen LogP contribution is 2.36. The third-order valence-corrected chi connectivity index (χ3v) is 2.93. The lowest BCUT2D eigenvalue weighted by Gasteiger charge is -2.09. The molecule has 0 fully saturated rings. The second-order valence-corrected chi connectivity index (χ2v) is 4.08. The van der Waals surface area contributed by atoms with Gasteiger partial charge in [-0.05, 0) is 24.6 Å². The van der Waals surface area contributed by atoms with Crippen LogP contribution in [0.5, 0.6) is 5.75 Å². The van der Waals surface area contributed by atoms with E-state index in [4.69, 9.17) is 26.0 Å². The minimum atomic E-state index is -1.12. The molecular weight excluding hydrogens is 258 g/mol. The highest BCUT2D eigenvalue weighted by Gasteiger charge is 2.21. The van der Waals surface area contributed by atoms with Gasteiger partial charge in [0.1, 0.15) is 11.3 Å². The summed E-state index contributed by atoms with van der Waals surface area (Å²) in [4.78, 5) is 11.0. The number of carbonyl (C=O) groups is 1. The van der Waals surface area contributed by atoms with Crippen molar-refractivity contribution in [1.29, 1.82) is 0 Å². The maximum absolute atomic E-state index is 11.0. The molecule has 0 unspecified atom stereocenters. The van der Waals surface area contributed by atoms with Crippen LogP contribution in [0.2, 0.25) is 5.02 Å². The molecule has 0 saturated carbocycles. The number of nitrogens with zero attached hydrogens (tertiary/aromatic N) is 1. The summed E-state index contributed by atoms with van der Waals surface area (Å²) in [5.41, 5.74) is 1.25. The predicted molar refractivity (Wildman–Crippen MR) is 65.2 cm³/mol. The number of carboxylic acid groups (broad SMARTS) is 1. The van der Waals surface area contributed by atoms with E-state index in [0.717, 1.165) is 11.8 Å². The second-order valence-electron chi connectivity index (χ2n) is 3.68. The van der Waals surface area contributed by atoms with Crippen LogP contribution in [0, 0.1) is 6.92 Å². The van der Waals surface area contributed by atoms with E-state index in [1.165, 1.54) is 7.11 Å². The van der Waals surface area contributed by atoms with Gasteiger partial charge in [0.15, 0.2) is 5.76 Å². The Balaban J connectivity index is 2.66. The van der Waals surface area contributed by atoms with E-state index in [1.54, 1.807) is 12.1 Å². The van der Waals surface area contributed by atoms with Gasteiger partial charge in [0.2, 0.25) is 0 Å². The Bertz CT molecular complexity index is 606. The molecule has 0 atom stereocenters. The number of aromatic carboxylic acids is 1. The summed E-state index contributed by atoms with van der Waals surface area (Å²) in [5, 5.41) is 13.0. The molecular formula is C12H10ClNO4. The first-order valence-corrected chi connectivity index (χ1v) is 5.45. The van der Waals surface area contributed by atoms with Crippen molar-refractivity contribution in [3.8, 4) is 17.1 Å². The summed E-state index contributed by atoms with van der Waals surface area (Å²) >= 11 is 6.03. The van der Waals surface area contributed by atoms with E-state index >= 15 is 0 Å². The van der Waals surface area contributed by atoms with E-state index in [-0.39, 0.29) is 11.3 Å². The van der Waals surface area contributed by atoms with Crippen molar-refractivity contribution in [3.05, 3.63) is 34.5 Å². The quantitative estimate of drug-likeness (QED) is 0.925. The van der Waals surface area contributed by atoms with Crippen LogP contribution in [-0.2, 0) is 0 Å². The number of hydrogen-bond donors (Lipinski definition) is 1. The van der Waals surface area contributed by atoms with Crippen LogP contribution in [-0.4, -0.2) is 23.3 Å². The number of halogens is 1. The van der Waals surface area contributed by atoms with Crippen molar-refractivity contribution in [2.75, 3.05) is 7.11 Å². The van der Waals surface area contributed by atoms with Gasteiger partial charge in [0, 0.05) is 5.02 Å². The Morgan fingerprint density at radius 3 is 2.83 bits per heavy atom. The van der Waals surface area contributed by atoms with Gasteiger partial charge < -0.3 is 14.4 Å². The van der Waals surface area contributed by atoms with Gasteiger partial charge in [-0.3, -0.25) is 0 Å². The molecule has 0 aliphatic heterocycles. The Kier molecular flexibility index (Phi) is 3.25. The van der Waals surface area contributed by atoms with E-state index in [1.807, 2.05) is 6.92 Å². The number of aryl methyl sites for hydroxylation is 1. The van der Waals surface area contributed by atoms with Crippen LogP contribution in [0.25, 0.3) is 11.3 Å². The van der Waals surface area contributed by atoms with E-state index in [2.05, 4.69) is 5.16 Å². The molecule has 2 aromatic rings. The first-order valence-electron chi connectivity index (χ1n) is 5.07. The van der Waals surface area contributed by atoms with Gasteiger partial charge in [-0.2, -0.15) is 0 Å². The third-order valence-electron chi connectivity index (χ3n) is 2.53. The number of aromatic nitrogens is 1. The molecule has 0 aliphatic carbocycles. The van der Waals surface area contributed by atoms with Gasteiger partial charge in [0.25, 0.3) is 0 Å². The Labute approximate surface area is 108 Å². The minimum Gasteiger partial charge on any atom is -0.496 e. The number of carboxylic acids is 1. The largest absolute Gasteiger partial charge is 0.496 e. The molecule has 1 N–H and O–H groups in total. The van der Waals surface area contributed by atoms with Crippen LogP contribution in [0.4, 0.5) is 0 Å². The van der Waals surface area contributed by atoms with Crippen LogP contribution >= 0.6 is 11.6 Å². The Hall–Kier alpha value is -2.01. The number of hydrogen-bond acceptors (Lipinski definition) is 4. The summed E-state index contributed by atoms with van der Waals surface area (Å²) in [6.07, 6.45) is 1.14. The average Bonchev–Trinajstić information content (AvgIpc) is 2.81. The van der Waals surface area contributed by atoms with Crippen LogP contribution in [0.1, 0.15) is 15.9 Å². The van der Waals surface area contributed by atoms with Gasteiger partial charge in [-0.25, -0.2) is 4.79 Å². The summed E-state index contributed by atoms with van der Waals surface area (Å²) in [6, 6.07) is 3.31. The molecule has 1 heterocycles. The Morgan fingerprint density at radius 1 is 1.50 bits per heavy atom. The van der Waals surface area contributed by atoms with Crippen LogP contribution in [0.3, 0.4) is 0 Å². The van der Waals surface area contributed by atoms with E-state index < -0.39 is 5.97 Å². The molecule has 1 aromatic carbocycles. The molecule has 94 valence electrons. The molecule has 0 saturated heterocycles. The zero-order valence-corrected chi connectivity index (χ0v) is 10.5. The van der Waals surface area contributed by atoms with Crippen molar-refractivity contribution in [1.82, 2.24) is 5.16 Å². The maximum atomic E-state index is 11.0. The third kappa shape index (κ3) is 2.04. The lowest BCUT2D eigenvalue weighted by atomic mass is 10.1. The fraction of sp³-hybridized carbons (Fsp3) is 0.167. The molecule has 0 amide bonds. The standard InChI is InChI=1S/C12H10ClNO4/c1-6-3-10(17-2)7(4-9(6)13)11-8(12(15)16)5-14-18-11/h3-5H,1-2H3,(H,15,16). The van der Waals surface area contributed by atoms with Crippen molar-refractivity contribution < 1.29 is 19.2 Å². The monoisotopic (exact) mass is 267 g/mol. The molecule has 2 rings (SSSR count). The first kappa shape index (κ1) is 12.4. The Morgan fingerprint density at radius 2 is 2.22 bits per heavy atom. The van der Waals surface area contributed by atoms with Crippen molar-refractivity contribution in [3.63, 3.8) is 0 Å². The maximum Gasteiger partial charge on any atom is 0.341 e. The molecule has 0 aliphatic rings. The fourth-order valence-electron chi connectivity index (χ4n) is 1.59. The molecule has 0 spiro atoms. The number of benzene rings is 1. The van der Waals surface area contributed by atoms with Gasteiger partial charge in [-0.15, -0.1) is 0 Å². The zero-order chi connectivity index (χ0) is 13.3. The summed E-state index contributed by atoms with van der Waals surface area (Å²) in [5.74, 6) is -0.512. The smallest absolute Gasteiger partial charge is 0.341 e. The van der Waals surface area contributed by atoms with E-state index in [9.17, 15) is 4.79 Å². The normalized spacial score (nSPS) is 10.4. The molecule has 0 bridgehead atoms. The lowest BCUT2D eigenvalue weighted by molar-refractivity contribution is 0.0697. The second kappa shape index (κ2) is 4.70.